The van der Waals surface area contributed by atoms with E-state index in [-0.39, 0.29) is 0 Å². The van der Waals surface area contributed by atoms with Crippen LogP contribution in [0, 0.1) is 5.41 Å². The van der Waals surface area contributed by atoms with Gasteiger partial charge in [-0.1, -0.05) is 20.8 Å². The molecule has 0 saturated heterocycles. The number of aromatic nitrogens is 2. The van der Waals surface area contributed by atoms with E-state index < -0.39 is 0 Å². The minimum absolute atomic E-state index is 0.334. The van der Waals surface area contributed by atoms with Gasteiger partial charge in [0.25, 0.3) is 0 Å². The first-order valence-corrected chi connectivity index (χ1v) is 7.58. The van der Waals surface area contributed by atoms with Crippen LogP contribution in [-0.4, -0.2) is 23.6 Å². The van der Waals surface area contributed by atoms with E-state index in [1.165, 1.54) is 0 Å². The maximum absolute atomic E-state index is 5.23. The normalized spacial score (nSPS) is 20.4. The first-order chi connectivity index (χ1) is 8.99. The van der Waals surface area contributed by atoms with Gasteiger partial charge in [0.05, 0.1) is 16.8 Å². The second-order valence-corrected chi connectivity index (χ2v) is 6.59. The fourth-order valence-corrected chi connectivity index (χ4v) is 2.60. The third-order valence-electron chi connectivity index (χ3n) is 3.59. The van der Waals surface area contributed by atoms with Gasteiger partial charge in [-0.2, -0.15) is 0 Å². The summed E-state index contributed by atoms with van der Waals surface area (Å²) in [5.74, 6) is 2.30. The highest BCUT2D eigenvalue weighted by Crippen LogP contribution is 2.57. The predicted octanol–water partition coefficient (Wildman–Crippen LogP) is 3.72. The molecule has 1 unspecified atom stereocenters. The average molecular weight is 328 g/mol. The van der Waals surface area contributed by atoms with E-state index >= 15 is 0 Å². The number of methoxy groups -OCH3 is 1. The van der Waals surface area contributed by atoms with Crippen molar-refractivity contribution in [3.63, 3.8) is 0 Å². The second-order valence-electron chi connectivity index (χ2n) is 5.80. The van der Waals surface area contributed by atoms with Gasteiger partial charge in [-0.15, -0.1) is 0 Å². The van der Waals surface area contributed by atoms with Gasteiger partial charge in [0.1, 0.15) is 11.6 Å². The maximum atomic E-state index is 5.23. The predicted molar refractivity (Wildman–Crippen MR) is 80.4 cm³/mol. The molecule has 1 aliphatic rings. The van der Waals surface area contributed by atoms with Gasteiger partial charge < -0.3 is 10.1 Å². The van der Waals surface area contributed by atoms with E-state index in [1.807, 2.05) is 0 Å². The van der Waals surface area contributed by atoms with Crippen molar-refractivity contribution in [3.05, 3.63) is 16.0 Å². The Morgan fingerprint density at radius 1 is 1.42 bits per heavy atom. The molecule has 19 heavy (non-hydrogen) atoms. The zero-order chi connectivity index (χ0) is 14.0. The van der Waals surface area contributed by atoms with Gasteiger partial charge >= 0.3 is 0 Å². The molecule has 0 radical (unpaired) electrons. The van der Waals surface area contributed by atoms with Crippen molar-refractivity contribution >= 4 is 21.7 Å². The van der Waals surface area contributed by atoms with Crippen LogP contribution in [0.1, 0.15) is 51.0 Å². The van der Waals surface area contributed by atoms with E-state index in [9.17, 15) is 0 Å². The van der Waals surface area contributed by atoms with E-state index in [4.69, 9.17) is 4.74 Å². The van der Waals surface area contributed by atoms with Crippen LogP contribution in [0.25, 0.3) is 0 Å². The summed E-state index contributed by atoms with van der Waals surface area (Å²) in [5, 5.41) is 3.36. The molecular weight excluding hydrogens is 306 g/mol. The number of nitrogens with one attached hydrogen (secondary N) is 1. The van der Waals surface area contributed by atoms with Gasteiger partial charge in [-0.25, -0.2) is 9.97 Å². The fraction of sp³-hybridized carbons (Fsp3) is 0.714. The number of ether oxygens (including phenoxy) is 1. The van der Waals surface area contributed by atoms with Gasteiger partial charge in [0.2, 0.25) is 0 Å². The van der Waals surface area contributed by atoms with Gasteiger partial charge in [0.15, 0.2) is 0 Å². The molecule has 0 aromatic carbocycles. The monoisotopic (exact) mass is 327 g/mol. The molecule has 106 valence electrons. The molecule has 1 heterocycles. The van der Waals surface area contributed by atoms with Crippen molar-refractivity contribution < 1.29 is 4.74 Å². The highest BCUT2D eigenvalue weighted by Gasteiger charge is 2.48. The molecule has 4 nitrogen and oxygen atoms in total. The van der Waals surface area contributed by atoms with Crippen molar-refractivity contribution in [3.8, 4) is 0 Å². The summed E-state index contributed by atoms with van der Waals surface area (Å²) in [5.41, 5.74) is 1.26. The highest BCUT2D eigenvalue weighted by molar-refractivity contribution is 9.10. The molecule has 0 aliphatic heterocycles. The molecule has 1 aliphatic carbocycles. The molecule has 2 rings (SSSR count). The Morgan fingerprint density at radius 2 is 2.11 bits per heavy atom. The number of nitrogens with zero attached hydrogens (tertiary/aromatic N) is 2. The Hall–Kier alpha value is -0.680. The fourth-order valence-electron chi connectivity index (χ4n) is 2.17. The van der Waals surface area contributed by atoms with Gasteiger partial charge in [-0.3, -0.25) is 0 Å². The lowest BCUT2D eigenvalue weighted by Gasteiger charge is -2.13. The average Bonchev–Trinajstić information content (AvgIpc) is 3.00. The molecule has 0 spiro atoms. The number of halogens is 1. The second kappa shape index (κ2) is 5.75. The van der Waals surface area contributed by atoms with E-state index in [0.29, 0.717) is 17.9 Å². The van der Waals surface area contributed by atoms with Crippen molar-refractivity contribution in [2.45, 2.75) is 46.1 Å². The summed E-state index contributed by atoms with van der Waals surface area (Å²) in [6.45, 7) is 8.08. The molecule has 1 atom stereocenters. The van der Waals surface area contributed by atoms with E-state index in [0.717, 1.165) is 41.2 Å². The summed E-state index contributed by atoms with van der Waals surface area (Å²) >= 11 is 3.58. The summed E-state index contributed by atoms with van der Waals surface area (Å²) in [4.78, 5) is 9.35. The van der Waals surface area contributed by atoms with E-state index in [1.54, 1.807) is 7.11 Å². The lowest BCUT2D eigenvalue weighted by atomic mass is 10.1. The molecule has 0 bridgehead atoms. The number of anilines is 1. The molecule has 1 aromatic heterocycles. The zero-order valence-electron chi connectivity index (χ0n) is 12.1. The molecule has 1 saturated carbocycles. The first-order valence-electron chi connectivity index (χ1n) is 6.78. The Bertz CT molecular complexity index is 462. The molecule has 5 heteroatoms. The topological polar surface area (TPSA) is 47.0 Å². The van der Waals surface area contributed by atoms with Crippen molar-refractivity contribution in [2.75, 3.05) is 19.0 Å². The standard InChI is InChI=1S/C14H22BrN3O/c1-5-6-16-13-11(15)10(8-19-4)17-12(18-13)9-7-14(9,2)3/h9H,5-8H2,1-4H3,(H,16,17,18). The van der Waals surface area contributed by atoms with Crippen molar-refractivity contribution in [1.29, 1.82) is 0 Å². The Morgan fingerprint density at radius 3 is 2.63 bits per heavy atom. The minimum Gasteiger partial charge on any atom is -0.378 e. The molecular formula is C14H22BrN3O. The van der Waals surface area contributed by atoms with Crippen molar-refractivity contribution in [2.24, 2.45) is 5.41 Å². The van der Waals surface area contributed by atoms with Crippen LogP contribution in [0.15, 0.2) is 4.47 Å². The maximum Gasteiger partial charge on any atom is 0.144 e. The Labute approximate surface area is 123 Å². The number of rotatable bonds is 6. The van der Waals surface area contributed by atoms with Crippen LogP contribution < -0.4 is 5.32 Å². The largest absolute Gasteiger partial charge is 0.378 e. The van der Waals surface area contributed by atoms with Crippen molar-refractivity contribution in [1.82, 2.24) is 9.97 Å². The van der Waals surface area contributed by atoms with Crippen LogP contribution in [0.2, 0.25) is 0 Å². The third-order valence-corrected chi connectivity index (χ3v) is 4.42. The summed E-state index contributed by atoms with van der Waals surface area (Å²) in [6, 6.07) is 0. The zero-order valence-corrected chi connectivity index (χ0v) is 13.7. The first kappa shape index (κ1) is 14.7. The lowest BCUT2D eigenvalue weighted by molar-refractivity contribution is 0.180. The van der Waals surface area contributed by atoms with E-state index in [2.05, 4.69) is 52.0 Å². The summed E-state index contributed by atoms with van der Waals surface area (Å²) in [7, 11) is 1.69. The van der Waals surface area contributed by atoms with Crippen LogP contribution in [0.3, 0.4) is 0 Å². The summed E-state index contributed by atoms with van der Waals surface area (Å²) < 4.78 is 6.15. The van der Waals surface area contributed by atoms with Crippen LogP contribution >= 0.6 is 15.9 Å². The quantitative estimate of drug-likeness (QED) is 0.864. The van der Waals surface area contributed by atoms with Crippen LogP contribution in [-0.2, 0) is 11.3 Å². The summed E-state index contributed by atoms with van der Waals surface area (Å²) in [6.07, 6.45) is 2.23. The Balaban J connectivity index is 2.31. The molecule has 1 aromatic rings. The highest BCUT2D eigenvalue weighted by atomic mass is 79.9. The van der Waals surface area contributed by atoms with Crippen LogP contribution in [0.4, 0.5) is 5.82 Å². The van der Waals surface area contributed by atoms with Gasteiger partial charge in [0, 0.05) is 19.6 Å². The number of hydrogen-bond acceptors (Lipinski definition) is 4. The Kier molecular flexibility index (Phi) is 4.46. The molecule has 1 fully saturated rings. The lowest BCUT2D eigenvalue weighted by Crippen LogP contribution is -2.10. The third kappa shape index (κ3) is 3.26. The minimum atomic E-state index is 0.334. The SMILES string of the molecule is CCCNc1nc(C2CC2(C)C)nc(COC)c1Br. The van der Waals surface area contributed by atoms with Crippen LogP contribution in [0.5, 0.6) is 0 Å². The smallest absolute Gasteiger partial charge is 0.144 e. The molecule has 0 amide bonds. The number of hydrogen-bond donors (Lipinski definition) is 1. The molecule has 1 N–H and O–H groups in total. The van der Waals surface area contributed by atoms with Gasteiger partial charge in [-0.05, 0) is 34.2 Å².